The molecule has 0 saturated heterocycles. The smallest absolute Gasteiger partial charge is 0.102 e. The van der Waals surface area contributed by atoms with Gasteiger partial charge in [-0.1, -0.05) is 24.3 Å². The molecule has 1 heterocycles. The largest absolute Gasteiger partial charge is 0.325 e. The Morgan fingerprint density at radius 1 is 1.36 bits per heavy atom. The van der Waals surface area contributed by atoms with Gasteiger partial charge in [0.05, 0.1) is 11.3 Å². The molecule has 1 aromatic heterocycles. The highest BCUT2D eigenvalue weighted by Gasteiger charge is 2.05. The number of pyridine rings is 1. The zero-order valence-electron chi connectivity index (χ0n) is 7.57. The number of nitriles is 1. The van der Waals surface area contributed by atoms with Crippen LogP contribution in [0.15, 0.2) is 30.5 Å². The first-order valence-electron chi connectivity index (χ1n) is 4.33. The third kappa shape index (κ3) is 1.22. The van der Waals surface area contributed by atoms with Gasteiger partial charge in [-0.25, -0.2) is 0 Å². The second-order valence-corrected chi connectivity index (χ2v) is 2.98. The Bertz CT molecular complexity index is 511. The number of fused-ring (bicyclic) bond motifs is 1. The molecule has 0 aliphatic rings. The van der Waals surface area contributed by atoms with Crippen molar-refractivity contribution < 1.29 is 0 Å². The number of nitrogens with two attached hydrogens (primary N) is 1. The summed E-state index contributed by atoms with van der Waals surface area (Å²) in [6.07, 6.45) is 1.75. The summed E-state index contributed by atoms with van der Waals surface area (Å²) < 4.78 is 0. The highest BCUT2D eigenvalue weighted by molar-refractivity contribution is 5.87. The number of benzene rings is 1. The lowest BCUT2D eigenvalue weighted by atomic mass is 10.1. The summed E-state index contributed by atoms with van der Waals surface area (Å²) in [5.74, 6) is 0. The van der Waals surface area contributed by atoms with Crippen molar-refractivity contribution in [3.8, 4) is 6.07 Å². The van der Waals surface area contributed by atoms with Gasteiger partial charge in [0.2, 0.25) is 0 Å². The van der Waals surface area contributed by atoms with Crippen LogP contribution < -0.4 is 5.73 Å². The van der Waals surface area contributed by atoms with Crippen molar-refractivity contribution >= 4 is 10.8 Å². The lowest BCUT2D eigenvalue weighted by molar-refractivity contribution is 0.990. The van der Waals surface area contributed by atoms with E-state index in [9.17, 15) is 0 Å². The Balaban J connectivity index is 2.85. The van der Waals surface area contributed by atoms with E-state index in [1.807, 2.05) is 24.3 Å². The van der Waals surface area contributed by atoms with Crippen molar-refractivity contribution in [2.24, 2.45) is 5.73 Å². The minimum absolute atomic E-state index is 0.299. The Morgan fingerprint density at radius 3 is 2.86 bits per heavy atom. The standard InChI is InChI=1S/C11H9N3/c12-5-10-9-4-2-1-3-8(9)7-14-11(10)6-13/h1-4,7H,6,13H2. The maximum absolute atomic E-state index is 9.00. The summed E-state index contributed by atoms with van der Waals surface area (Å²) in [4.78, 5) is 4.15. The lowest BCUT2D eigenvalue weighted by Crippen LogP contribution is -2.02. The van der Waals surface area contributed by atoms with E-state index in [1.54, 1.807) is 6.20 Å². The molecule has 0 unspecified atom stereocenters. The molecule has 0 radical (unpaired) electrons. The second-order valence-electron chi connectivity index (χ2n) is 2.98. The van der Waals surface area contributed by atoms with Crippen molar-refractivity contribution in [1.29, 1.82) is 5.26 Å². The van der Waals surface area contributed by atoms with E-state index >= 15 is 0 Å². The van der Waals surface area contributed by atoms with E-state index in [2.05, 4.69) is 11.1 Å². The quantitative estimate of drug-likeness (QED) is 0.729. The highest BCUT2D eigenvalue weighted by Crippen LogP contribution is 2.19. The van der Waals surface area contributed by atoms with E-state index in [0.29, 0.717) is 17.8 Å². The monoisotopic (exact) mass is 183 g/mol. The van der Waals surface area contributed by atoms with Gasteiger partial charge in [-0.05, 0) is 0 Å². The third-order valence-corrected chi connectivity index (χ3v) is 2.18. The molecular weight excluding hydrogens is 174 g/mol. The lowest BCUT2D eigenvalue weighted by Gasteiger charge is -2.03. The molecule has 3 heteroatoms. The molecule has 0 atom stereocenters. The molecule has 0 bridgehead atoms. The van der Waals surface area contributed by atoms with E-state index < -0.39 is 0 Å². The first-order chi connectivity index (χ1) is 6.86. The summed E-state index contributed by atoms with van der Waals surface area (Å²) >= 11 is 0. The number of hydrogen-bond donors (Lipinski definition) is 1. The van der Waals surface area contributed by atoms with Gasteiger partial charge in [0.1, 0.15) is 6.07 Å². The summed E-state index contributed by atoms with van der Waals surface area (Å²) in [6, 6.07) is 9.82. The second kappa shape index (κ2) is 3.44. The molecule has 68 valence electrons. The molecule has 14 heavy (non-hydrogen) atoms. The molecule has 2 rings (SSSR count). The summed E-state index contributed by atoms with van der Waals surface area (Å²) in [5.41, 5.74) is 6.75. The topological polar surface area (TPSA) is 62.7 Å². The molecule has 3 nitrogen and oxygen atoms in total. The van der Waals surface area contributed by atoms with E-state index in [4.69, 9.17) is 11.0 Å². The van der Waals surface area contributed by atoms with Gasteiger partial charge in [0, 0.05) is 23.5 Å². The molecule has 0 aliphatic heterocycles. The first kappa shape index (κ1) is 8.67. The van der Waals surface area contributed by atoms with E-state index in [0.717, 1.165) is 10.8 Å². The van der Waals surface area contributed by atoms with Crippen molar-refractivity contribution in [3.63, 3.8) is 0 Å². The van der Waals surface area contributed by atoms with Crippen LogP contribution in [0, 0.1) is 11.3 Å². The highest BCUT2D eigenvalue weighted by atomic mass is 14.7. The predicted molar refractivity (Wildman–Crippen MR) is 54.3 cm³/mol. The fourth-order valence-electron chi connectivity index (χ4n) is 1.48. The van der Waals surface area contributed by atoms with Crippen LogP contribution in [0.5, 0.6) is 0 Å². The molecule has 0 aliphatic carbocycles. The molecule has 0 fully saturated rings. The molecule has 0 amide bonds. The Morgan fingerprint density at radius 2 is 2.14 bits per heavy atom. The van der Waals surface area contributed by atoms with Gasteiger partial charge >= 0.3 is 0 Å². The maximum atomic E-state index is 9.00. The number of rotatable bonds is 1. The van der Waals surface area contributed by atoms with Crippen molar-refractivity contribution in [1.82, 2.24) is 4.98 Å². The normalized spacial score (nSPS) is 10.0. The molecule has 2 aromatic rings. The zero-order valence-corrected chi connectivity index (χ0v) is 7.57. The average molecular weight is 183 g/mol. The van der Waals surface area contributed by atoms with Gasteiger partial charge in [0.25, 0.3) is 0 Å². The molecule has 1 aromatic carbocycles. The Hall–Kier alpha value is -1.92. The number of nitrogens with zero attached hydrogens (tertiary/aromatic N) is 2. The van der Waals surface area contributed by atoms with E-state index in [-0.39, 0.29) is 0 Å². The number of aromatic nitrogens is 1. The van der Waals surface area contributed by atoms with Gasteiger partial charge in [-0.3, -0.25) is 4.98 Å². The van der Waals surface area contributed by atoms with Crippen LogP contribution in [0.25, 0.3) is 10.8 Å². The molecule has 0 saturated carbocycles. The maximum Gasteiger partial charge on any atom is 0.102 e. The SMILES string of the molecule is N#Cc1c(CN)ncc2ccccc12. The van der Waals surface area contributed by atoms with Gasteiger partial charge in [-0.15, -0.1) is 0 Å². The predicted octanol–water partition coefficient (Wildman–Crippen LogP) is 1.57. The molecular formula is C11H9N3. The van der Waals surface area contributed by atoms with Crippen molar-refractivity contribution in [3.05, 3.63) is 41.7 Å². The zero-order chi connectivity index (χ0) is 9.97. The van der Waals surface area contributed by atoms with Gasteiger partial charge in [0.15, 0.2) is 0 Å². The van der Waals surface area contributed by atoms with Crippen LogP contribution in [0.4, 0.5) is 0 Å². The van der Waals surface area contributed by atoms with Crippen LogP contribution in [-0.4, -0.2) is 4.98 Å². The molecule has 0 spiro atoms. The van der Waals surface area contributed by atoms with Gasteiger partial charge < -0.3 is 5.73 Å². The van der Waals surface area contributed by atoms with Crippen molar-refractivity contribution in [2.75, 3.05) is 0 Å². The minimum atomic E-state index is 0.299. The summed E-state index contributed by atoms with van der Waals surface area (Å²) in [5, 5.41) is 10.9. The van der Waals surface area contributed by atoms with Crippen LogP contribution in [0.1, 0.15) is 11.3 Å². The fraction of sp³-hybridized carbons (Fsp3) is 0.0909. The van der Waals surface area contributed by atoms with Crippen LogP contribution >= 0.6 is 0 Å². The van der Waals surface area contributed by atoms with E-state index in [1.165, 1.54) is 0 Å². The number of hydrogen-bond acceptors (Lipinski definition) is 3. The van der Waals surface area contributed by atoms with Gasteiger partial charge in [-0.2, -0.15) is 5.26 Å². The van der Waals surface area contributed by atoms with Crippen LogP contribution in [0.3, 0.4) is 0 Å². The summed E-state index contributed by atoms with van der Waals surface area (Å²) in [7, 11) is 0. The minimum Gasteiger partial charge on any atom is -0.325 e. The summed E-state index contributed by atoms with van der Waals surface area (Å²) in [6.45, 7) is 0.299. The third-order valence-electron chi connectivity index (χ3n) is 2.18. The van der Waals surface area contributed by atoms with Crippen LogP contribution in [0.2, 0.25) is 0 Å². The molecule has 2 N–H and O–H groups in total. The average Bonchev–Trinajstić information content (AvgIpc) is 2.27. The first-order valence-corrected chi connectivity index (χ1v) is 4.33. The van der Waals surface area contributed by atoms with Crippen molar-refractivity contribution in [2.45, 2.75) is 6.54 Å². The van der Waals surface area contributed by atoms with Crippen LogP contribution in [-0.2, 0) is 6.54 Å². The Labute approximate surface area is 81.8 Å². The fourth-order valence-corrected chi connectivity index (χ4v) is 1.48. The Kier molecular flexibility index (Phi) is 2.13.